The van der Waals surface area contributed by atoms with Gasteiger partial charge in [-0.15, -0.1) is 0 Å². The van der Waals surface area contributed by atoms with Gasteiger partial charge in [-0.1, -0.05) is 18.2 Å². The van der Waals surface area contributed by atoms with E-state index in [-0.39, 0.29) is 11.5 Å². The summed E-state index contributed by atoms with van der Waals surface area (Å²) in [6.45, 7) is 11.1. The van der Waals surface area contributed by atoms with Crippen molar-refractivity contribution in [3.05, 3.63) is 35.7 Å². The molecule has 10 heavy (non-hydrogen) atoms. The van der Waals surface area contributed by atoms with Crippen LogP contribution in [0, 0.1) is 12.0 Å². The molecule has 0 fully saturated rings. The van der Waals surface area contributed by atoms with Crippen LogP contribution in [0.4, 0.5) is 0 Å². The zero-order valence-corrected chi connectivity index (χ0v) is 6.33. The molecular weight excluding hydrogens is 122 g/mol. The summed E-state index contributed by atoms with van der Waals surface area (Å²) in [5.74, 6) is 0. The van der Waals surface area contributed by atoms with Gasteiger partial charge in [0, 0.05) is 0 Å². The van der Waals surface area contributed by atoms with Crippen LogP contribution in [-0.2, 0) is 0 Å². The summed E-state index contributed by atoms with van der Waals surface area (Å²) < 4.78 is 0. The normalized spacial score (nSPS) is 27.9. The molecule has 0 spiro atoms. The molecule has 1 nitrogen and oxygen atoms in total. The molecule has 52 valence electrons. The van der Waals surface area contributed by atoms with Crippen LogP contribution in [0.5, 0.6) is 0 Å². The third-order valence-corrected chi connectivity index (χ3v) is 1.83. The summed E-state index contributed by atoms with van der Waals surface area (Å²) in [6.07, 6.45) is 7.97. The fraction of sp³-hybridized carbons (Fsp3) is 0.444. The minimum atomic E-state index is 0.0243. The summed E-state index contributed by atoms with van der Waals surface area (Å²) in [5, 5.41) is 0. The number of allylic oxidation sites excluding steroid dienone is 2. The van der Waals surface area contributed by atoms with Crippen LogP contribution in [0.1, 0.15) is 13.8 Å². The van der Waals surface area contributed by atoms with Crippen molar-refractivity contribution in [2.24, 2.45) is 5.41 Å². The quantitative estimate of drug-likeness (QED) is 0.447. The van der Waals surface area contributed by atoms with Crippen molar-refractivity contribution in [1.82, 2.24) is 0 Å². The van der Waals surface area contributed by atoms with E-state index in [1.54, 1.807) is 0 Å². The second-order valence-corrected chi connectivity index (χ2v) is 3.14. The highest BCUT2D eigenvalue weighted by molar-refractivity contribution is 5.23. The zero-order valence-electron chi connectivity index (χ0n) is 6.33. The van der Waals surface area contributed by atoms with Crippen LogP contribution in [0.15, 0.2) is 24.3 Å². The number of hydrogen-bond donors (Lipinski definition) is 0. The highest BCUT2D eigenvalue weighted by Crippen LogP contribution is 2.28. The molecule has 1 aliphatic carbocycles. The second kappa shape index (κ2) is 2.30. The maximum absolute atomic E-state index is 6.89. The fourth-order valence-electron chi connectivity index (χ4n) is 1.03. The first kappa shape index (κ1) is 7.08. The van der Waals surface area contributed by atoms with E-state index >= 15 is 0 Å². The molecule has 0 heterocycles. The Morgan fingerprint density at radius 1 is 1.40 bits per heavy atom. The molecule has 0 aromatic carbocycles. The lowest BCUT2D eigenvalue weighted by Crippen LogP contribution is -2.23. The Kier molecular flexibility index (Phi) is 1.63. The van der Waals surface area contributed by atoms with Crippen molar-refractivity contribution in [3.63, 3.8) is 0 Å². The van der Waals surface area contributed by atoms with Crippen molar-refractivity contribution in [2.45, 2.75) is 19.9 Å². The Morgan fingerprint density at radius 2 is 2.10 bits per heavy atom. The summed E-state index contributed by atoms with van der Waals surface area (Å²) in [4.78, 5) is 3.51. The lowest BCUT2D eigenvalue weighted by atomic mass is 9.82. The van der Waals surface area contributed by atoms with E-state index in [1.165, 1.54) is 0 Å². The largest absolute Gasteiger partial charge is 0.308 e. The van der Waals surface area contributed by atoms with Gasteiger partial charge in [0.2, 0.25) is 0 Å². The average Bonchev–Trinajstić information content (AvgIpc) is 1.87. The summed E-state index contributed by atoms with van der Waals surface area (Å²) in [6, 6.07) is 0.0255. The maximum atomic E-state index is 6.89. The number of rotatable bonds is 0. The SMILES string of the molecule is [C-]#[N+]C1C=CC=CC1(C)C. The van der Waals surface area contributed by atoms with Crippen LogP contribution in [0.2, 0.25) is 0 Å². The van der Waals surface area contributed by atoms with Crippen molar-refractivity contribution >= 4 is 0 Å². The standard InChI is InChI=1S/C9H11N/c1-9(2)7-5-4-6-8(9)10-3/h4-8H,1-2H3. The fourth-order valence-corrected chi connectivity index (χ4v) is 1.03. The van der Waals surface area contributed by atoms with Gasteiger partial charge in [-0.05, 0) is 19.9 Å². The molecule has 0 aromatic rings. The van der Waals surface area contributed by atoms with Crippen molar-refractivity contribution in [3.8, 4) is 0 Å². The second-order valence-electron chi connectivity index (χ2n) is 3.14. The lowest BCUT2D eigenvalue weighted by molar-refractivity contribution is 0.459. The van der Waals surface area contributed by atoms with Crippen LogP contribution in [0.3, 0.4) is 0 Å². The first-order valence-electron chi connectivity index (χ1n) is 3.39. The van der Waals surface area contributed by atoms with E-state index in [2.05, 4.69) is 24.8 Å². The molecule has 1 atom stereocenters. The van der Waals surface area contributed by atoms with Crippen LogP contribution >= 0.6 is 0 Å². The summed E-state index contributed by atoms with van der Waals surface area (Å²) in [5.41, 5.74) is 0.0243. The third-order valence-electron chi connectivity index (χ3n) is 1.83. The Morgan fingerprint density at radius 3 is 2.50 bits per heavy atom. The van der Waals surface area contributed by atoms with Gasteiger partial charge >= 0.3 is 0 Å². The van der Waals surface area contributed by atoms with Gasteiger partial charge < -0.3 is 4.85 Å². The summed E-state index contributed by atoms with van der Waals surface area (Å²) >= 11 is 0. The minimum absolute atomic E-state index is 0.0243. The highest BCUT2D eigenvalue weighted by Gasteiger charge is 2.30. The van der Waals surface area contributed by atoms with Crippen molar-refractivity contribution in [1.29, 1.82) is 0 Å². The molecule has 0 radical (unpaired) electrons. The van der Waals surface area contributed by atoms with E-state index in [9.17, 15) is 0 Å². The predicted octanol–water partition coefficient (Wildman–Crippen LogP) is 2.43. The van der Waals surface area contributed by atoms with E-state index < -0.39 is 0 Å². The molecule has 0 saturated carbocycles. The van der Waals surface area contributed by atoms with E-state index in [4.69, 9.17) is 6.57 Å². The topological polar surface area (TPSA) is 4.36 Å². The molecule has 0 aromatic heterocycles. The molecule has 0 saturated heterocycles. The van der Waals surface area contributed by atoms with Crippen molar-refractivity contribution in [2.75, 3.05) is 0 Å². The molecule has 1 aliphatic rings. The molecule has 1 unspecified atom stereocenters. The monoisotopic (exact) mass is 133 g/mol. The van der Waals surface area contributed by atoms with Gasteiger partial charge in [0.05, 0.1) is 5.41 Å². The number of hydrogen-bond acceptors (Lipinski definition) is 0. The molecule has 0 bridgehead atoms. The Labute approximate surface area is 61.9 Å². The van der Waals surface area contributed by atoms with Crippen LogP contribution < -0.4 is 0 Å². The third kappa shape index (κ3) is 1.11. The van der Waals surface area contributed by atoms with E-state index in [0.717, 1.165) is 0 Å². The van der Waals surface area contributed by atoms with Gasteiger partial charge in [-0.2, -0.15) is 0 Å². The van der Waals surface area contributed by atoms with Gasteiger partial charge in [0.1, 0.15) is 0 Å². The van der Waals surface area contributed by atoms with Crippen LogP contribution in [-0.4, -0.2) is 6.04 Å². The zero-order chi connectivity index (χ0) is 7.61. The van der Waals surface area contributed by atoms with Gasteiger partial charge in [0.25, 0.3) is 6.04 Å². The molecule has 0 amide bonds. The molecule has 0 N–H and O–H groups in total. The molecule has 1 heteroatoms. The smallest absolute Gasteiger partial charge is 0.250 e. The molecule has 0 aliphatic heterocycles. The minimum Gasteiger partial charge on any atom is -0.308 e. The van der Waals surface area contributed by atoms with Gasteiger partial charge in [-0.3, -0.25) is 0 Å². The summed E-state index contributed by atoms with van der Waals surface area (Å²) in [7, 11) is 0. The average molecular weight is 133 g/mol. The first-order chi connectivity index (χ1) is 4.67. The Bertz CT molecular complexity index is 215. The van der Waals surface area contributed by atoms with Gasteiger partial charge in [0.15, 0.2) is 0 Å². The highest BCUT2D eigenvalue weighted by atomic mass is 14.7. The molecule has 1 rings (SSSR count). The predicted molar refractivity (Wildman–Crippen MR) is 42.5 cm³/mol. The molecular formula is C9H11N. The number of nitrogens with zero attached hydrogens (tertiary/aromatic N) is 1. The van der Waals surface area contributed by atoms with Crippen LogP contribution in [0.25, 0.3) is 4.85 Å². The Hall–Kier alpha value is -1.03. The van der Waals surface area contributed by atoms with E-state index in [0.29, 0.717) is 0 Å². The first-order valence-corrected chi connectivity index (χ1v) is 3.39. The Balaban J connectivity index is 2.87. The van der Waals surface area contributed by atoms with E-state index in [1.807, 2.05) is 18.2 Å². The van der Waals surface area contributed by atoms with Crippen molar-refractivity contribution < 1.29 is 0 Å². The van der Waals surface area contributed by atoms with Gasteiger partial charge in [-0.25, -0.2) is 6.57 Å². The lowest BCUT2D eigenvalue weighted by Gasteiger charge is -2.21. The maximum Gasteiger partial charge on any atom is 0.250 e.